The van der Waals surface area contributed by atoms with Crippen molar-refractivity contribution < 1.29 is 8.83 Å². The van der Waals surface area contributed by atoms with Crippen LogP contribution in [0.2, 0.25) is 0 Å². The zero-order valence-electron chi connectivity index (χ0n) is 29.1. The summed E-state index contributed by atoms with van der Waals surface area (Å²) in [6, 6.07) is 65.7. The summed E-state index contributed by atoms with van der Waals surface area (Å²) in [6.45, 7) is 0. The molecule has 2 aromatic heterocycles. The van der Waals surface area contributed by atoms with Crippen LogP contribution in [0, 0.1) is 0 Å². The highest BCUT2D eigenvalue weighted by molar-refractivity contribution is 6.26. The minimum Gasteiger partial charge on any atom is -0.456 e. The summed E-state index contributed by atoms with van der Waals surface area (Å²) < 4.78 is 13.0. The molecule has 0 amide bonds. The predicted octanol–water partition coefficient (Wildman–Crippen LogP) is 15.1. The Labute approximate surface area is 310 Å². The van der Waals surface area contributed by atoms with E-state index in [1.807, 2.05) is 12.1 Å². The molecule has 12 aromatic rings. The summed E-state index contributed by atoms with van der Waals surface area (Å²) in [5.41, 5.74) is 10.8. The van der Waals surface area contributed by atoms with E-state index in [0.717, 1.165) is 55.0 Å². The molecular weight excluding hydrogens is 657 g/mol. The fourth-order valence-corrected chi connectivity index (χ4v) is 9.11. The van der Waals surface area contributed by atoms with Crippen molar-refractivity contribution in [3.8, 4) is 33.4 Å². The molecule has 0 aliphatic carbocycles. The van der Waals surface area contributed by atoms with Crippen LogP contribution in [-0.4, -0.2) is 0 Å². The molecule has 2 nitrogen and oxygen atoms in total. The second-order valence-corrected chi connectivity index (χ2v) is 14.3. The van der Waals surface area contributed by atoms with Gasteiger partial charge in [0.1, 0.15) is 22.3 Å². The van der Waals surface area contributed by atoms with Crippen LogP contribution in [0.1, 0.15) is 0 Å². The van der Waals surface area contributed by atoms with Crippen LogP contribution in [-0.2, 0) is 0 Å². The largest absolute Gasteiger partial charge is 0.456 e. The van der Waals surface area contributed by atoms with E-state index in [4.69, 9.17) is 8.83 Å². The molecule has 0 saturated carbocycles. The van der Waals surface area contributed by atoms with Gasteiger partial charge in [-0.15, -0.1) is 0 Å². The Hall–Kier alpha value is -7.16. The van der Waals surface area contributed by atoms with Crippen molar-refractivity contribution in [3.05, 3.63) is 182 Å². The first-order chi connectivity index (χ1) is 26.8. The van der Waals surface area contributed by atoms with Gasteiger partial charge in [0.25, 0.3) is 0 Å². The quantitative estimate of drug-likeness (QED) is 0.173. The molecule has 0 aliphatic heterocycles. The summed E-state index contributed by atoms with van der Waals surface area (Å²) in [6.07, 6.45) is 0. The molecule has 0 spiro atoms. The van der Waals surface area contributed by atoms with Crippen LogP contribution in [0.25, 0.3) is 120 Å². The molecule has 2 heteroatoms. The molecule has 0 atom stereocenters. The highest BCUT2D eigenvalue weighted by atomic mass is 16.3. The molecular formula is C52H30O2. The van der Waals surface area contributed by atoms with E-state index in [1.54, 1.807) is 0 Å². The molecule has 0 bridgehead atoms. The Morgan fingerprint density at radius 2 is 0.796 bits per heavy atom. The van der Waals surface area contributed by atoms with Crippen LogP contribution in [0.5, 0.6) is 0 Å². The second kappa shape index (κ2) is 11.2. The van der Waals surface area contributed by atoms with Crippen LogP contribution in [0.4, 0.5) is 0 Å². The van der Waals surface area contributed by atoms with Gasteiger partial charge in [0.05, 0.1) is 0 Å². The number of furan rings is 2. The van der Waals surface area contributed by atoms with E-state index in [2.05, 4.69) is 170 Å². The third-order valence-electron chi connectivity index (χ3n) is 11.4. The van der Waals surface area contributed by atoms with E-state index in [9.17, 15) is 0 Å². The molecule has 0 saturated heterocycles. The third kappa shape index (κ3) is 4.17. The van der Waals surface area contributed by atoms with Gasteiger partial charge in [-0.25, -0.2) is 0 Å². The van der Waals surface area contributed by atoms with E-state index in [-0.39, 0.29) is 0 Å². The van der Waals surface area contributed by atoms with Crippen LogP contribution in [0.3, 0.4) is 0 Å². The highest BCUT2D eigenvalue weighted by Crippen LogP contribution is 2.47. The summed E-state index contributed by atoms with van der Waals surface area (Å²) >= 11 is 0. The highest BCUT2D eigenvalue weighted by Gasteiger charge is 2.20. The summed E-state index contributed by atoms with van der Waals surface area (Å²) in [5, 5.41) is 14.2. The molecule has 10 aromatic carbocycles. The molecule has 54 heavy (non-hydrogen) atoms. The maximum atomic E-state index is 6.72. The molecule has 0 N–H and O–H groups in total. The van der Waals surface area contributed by atoms with Gasteiger partial charge in [0, 0.05) is 21.5 Å². The lowest BCUT2D eigenvalue weighted by atomic mass is 9.84. The fourth-order valence-electron chi connectivity index (χ4n) is 9.11. The second-order valence-electron chi connectivity index (χ2n) is 14.3. The summed E-state index contributed by atoms with van der Waals surface area (Å²) in [4.78, 5) is 0. The van der Waals surface area contributed by atoms with E-state index < -0.39 is 0 Å². The van der Waals surface area contributed by atoms with Crippen molar-refractivity contribution in [1.29, 1.82) is 0 Å². The van der Waals surface area contributed by atoms with Gasteiger partial charge in [0.2, 0.25) is 0 Å². The first kappa shape index (κ1) is 29.4. The van der Waals surface area contributed by atoms with Crippen molar-refractivity contribution in [1.82, 2.24) is 0 Å². The molecule has 0 unspecified atom stereocenters. The average Bonchev–Trinajstić information content (AvgIpc) is 3.78. The summed E-state index contributed by atoms with van der Waals surface area (Å²) in [5.74, 6) is 0. The minimum atomic E-state index is 0.865. The number of para-hydroxylation sites is 1. The molecule has 0 fully saturated rings. The Kier molecular flexibility index (Phi) is 6.09. The minimum absolute atomic E-state index is 0.865. The predicted molar refractivity (Wildman–Crippen MR) is 227 cm³/mol. The number of fused-ring (bicyclic) bond motifs is 11. The first-order valence-corrected chi connectivity index (χ1v) is 18.5. The molecule has 0 aliphatic rings. The SMILES string of the molecule is c1cc(-c2c3ccccc3c(-c3cccc4ccccc34)c3ccccc23)cc(-c2cc3oc4cc5c(cc4c3c3ccccc23)oc2ccccc25)c1. The van der Waals surface area contributed by atoms with Crippen LogP contribution >= 0.6 is 0 Å². The fraction of sp³-hybridized carbons (Fsp3) is 0. The van der Waals surface area contributed by atoms with Gasteiger partial charge in [-0.05, 0) is 107 Å². The van der Waals surface area contributed by atoms with Gasteiger partial charge < -0.3 is 8.83 Å². The summed E-state index contributed by atoms with van der Waals surface area (Å²) in [7, 11) is 0. The maximum Gasteiger partial charge on any atom is 0.136 e. The van der Waals surface area contributed by atoms with E-state index in [0.29, 0.717) is 0 Å². The topological polar surface area (TPSA) is 26.3 Å². The standard InChI is InChI=1S/C52H30O2/c1-2-17-34-31(13-1)14-12-25-37(34)51-41-23-7-5-21-39(41)50(40-22-6-8-24-42(40)51)33-16-11-15-32(27-33)43-28-49-52(38-20-4-3-18-35(38)43)45-30-47-44(29-48(45)54-49)36-19-9-10-26-46(36)53-47/h1-30H. The van der Waals surface area contributed by atoms with Crippen molar-refractivity contribution in [2.75, 3.05) is 0 Å². The van der Waals surface area contributed by atoms with Gasteiger partial charge in [-0.2, -0.15) is 0 Å². The van der Waals surface area contributed by atoms with Crippen molar-refractivity contribution in [3.63, 3.8) is 0 Å². The van der Waals surface area contributed by atoms with Gasteiger partial charge >= 0.3 is 0 Å². The normalized spacial score (nSPS) is 12.1. The monoisotopic (exact) mass is 686 g/mol. The van der Waals surface area contributed by atoms with E-state index >= 15 is 0 Å². The number of benzene rings is 10. The number of hydrogen-bond donors (Lipinski definition) is 0. The third-order valence-corrected chi connectivity index (χ3v) is 11.4. The lowest BCUT2D eigenvalue weighted by Crippen LogP contribution is -1.92. The van der Waals surface area contributed by atoms with Crippen molar-refractivity contribution in [2.24, 2.45) is 0 Å². The van der Waals surface area contributed by atoms with E-state index in [1.165, 1.54) is 65.3 Å². The van der Waals surface area contributed by atoms with Gasteiger partial charge in [-0.3, -0.25) is 0 Å². The maximum absolute atomic E-state index is 6.72. The molecule has 12 rings (SSSR count). The first-order valence-electron chi connectivity index (χ1n) is 18.5. The van der Waals surface area contributed by atoms with Gasteiger partial charge in [0.15, 0.2) is 0 Å². The molecule has 250 valence electrons. The Morgan fingerprint density at radius 1 is 0.259 bits per heavy atom. The van der Waals surface area contributed by atoms with Crippen LogP contribution in [0.15, 0.2) is 191 Å². The Bertz CT molecular complexity index is 3440. The van der Waals surface area contributed by atoms with Crippen molar-refractivity contribution in [2.45, 2.75) is 0 Å². The molecule has 0 radical (unpaired) electrons. The molecule has 2 heterocycles. The lowest BCUT2D eigenvalue weighted by molar-refractivity contribution is 0.664. The number of hydrogen-bond acceptors (Lipinski definition) is 2. The smallest absolute Gasteiger partial charge is 0.136 e. The lowest BCUT2D eigenvalue weighted by Gasteiger charge is -2.19. The number of rotatable bonds is 3. The Morgan fingerprint density at radius 3 is 1.57 bits per heavy atom. The zero-order valence-corrected chi connectivity index (χ0v) is 29.1. The van der Waals surface area contributed by atoms with Crippen molar-refractivity contribution >= 4 is 87.0 Å². The van der Waals surface area contributed by atoms with Gasteiger partial charge in [-0.1, -0.05) is 152 Å². The Balaban J connectivity index is 1.10. The zero-order chi connectivity index (χ0) is 35.3. The average molecular weight is 687 g/mol. The van der Waals surface area contributed by atoms with Crippen LogP contribution < -0.4 is 0 Å².